The van der Waals surface area contributed by atoms with Gasteiger partial charge in [0.1, 0.15) is 11.5 Å². The summed E-state index contributed by atoms with van der Waals surface area (Å²) in [4.78, 5) is 12.1. The van der Waals surface area contributed by atoms with Crippen molar-refractivity contribution in [3.8, 4) is 22.9 Å². The minimum Gasteiger partial charge on any atom is -0.508 e. The number of benzene rings is 2. The van der Waals surface area contributed by atoms with Gasteiger partial charge in [-0.2, -0.15) is 5.10 Å². The van der Waals surface area contributed by atoms with Crippen LogP contribution in [-0.2, 0) is 16.8 Å². The van der Waals surface area contributed by atoms with Gasteiger partial charge in [0, 0.05) is 23.7 Å². The van der Waals surface area contributed by atoms with E-state index in [-0.39, 0.29) is 28.6 Å². The molecular weight excluding hydrogens is 426 g/mol. The number of hydrogen-bond donors (Lipinski definition) is 3. The van der Waals surface area contributed by atoms with E-state index in [0.717, 1.165) is 11.4 Å². The summed E-state index contributed by atoms with van der Waals surface area (Å²) in [5.74, 6) is 0.379. The number of hydrogen-bond acceptors (Lipinski definition) is 7. The predicted molar refractivity (Wildman–Crippen MR) is 126 cm³/mol. The van der Waals surface area contributed by atoms with Gasteiger partial charge < -0.3 is 14.8 Å². The van der Waals surface area contributed by atoms with Gasteiger partial charge in [0.25, 0.3) is 5.91 Å². The lowest BCUT2D eigenvalue weighted by Gasteiger charge is -2.19. The first-order chi connectivity index (χ1) is 15.2. The molecule has 1 amide bonds. The number of rotatable bonds is 7. The first-order valence-electron chi connectivity index (χ1n) is 10.2. The maximum Gasteiger partial charge on any atom is 0.250 e. The third-order valence-corrected chi connectivity index (χ3v) is 5.75. The van der Waals surface area contributed by atoms with Crippen LogP contribution < -0.4 is 5.43 Å². The highest BCUT2D eigenvalue weighted by Crippen LogP contribution is 2.27. The molecule has 3 aromatic rings. The number of aromatic hydroxyl groups is 2. The zero-order valence-corrected chi connectivity index (χ0v) is 19.3. The van der Waals surface area contributed by atoms with Crippen molar-refractivity contribution in [2.24, 2.45) is 5.10 Å². The molecule has 0 fully saturated rings. The number of amides is 1. The van der Waals surface area contributed by atoms with Gasteiger partial charge in [0.05, 0.1) is 12.0 Å². The van der Waals surface area contributed by atoms with E-state index in [1.54, 1.807) is 0 Å². The Labute approximate surface area is 191 Å². The van der Waals surface area contributed by atoms with Gasteiger partial charge in [0.15, 0.2) is 11.0 Å². The molecular formula is C23H27N5O3S. The van der Waals surface area contributed by atoms with Crippen molar-refractivity contribution >= 4 is 23.9 Å². The average molecular weight is 454 g/mol. The quantitative estimate of drug-likeness (QED) is 0.284. The second-order valence-corrected chi connectivity index (χ2v) is 9.15. The predicted octanol–water partition coefficient (Wildman–Crippen LogP) is 3.92. The lowest BCUT2D eigenvalue weighted by atomic mass is 9.87. The molecule has 168 valence electrons. The van der Waals surface area contributed by atoms with E-state index in [1.807, 2.05) is 23.6 Å². The molecule has 0 atom stereocenters. The number of thioether (sulfide) groups is 1. The summed E-state index contributed by atoms with van der Waals surface area (Å²) in [6.07, 6.45) is 1.31. The zero-order chi connectivity index (χ0) is 23.3. The number of carbonyl (C=O) groups excluding carboxylic acids is 1. The average Bonchev–Trinajstić information content (AvgIpc) is 3.16. The molecule has 1 heterocycles. The van der Waals surface area contributed by atoms with Crippen molar-refractivity contribution in [3.05, 3.63) is 53.6 Å². The molecule has 9 heteroatoms. The monoisotopic (exact) mass is 453 g/mol. The van der Waals surface area contributed by atoms with Gasteiger partial charge >= 0.3 is 0 Å². The number of carbonyl (C=O) groups is 1. The molecule has 0 radical (unpaired) electrons. The largest absolute Gasteiger partial charge is 0.508 e. The Morgan fingerprint density at radius 3 is 2.50 bits per heavy atom. The van der Waals surface area contributed by atoms with E-state index in [1.165, 1.54) is 41.7 Å². The van der Waals surface area contributed by atoms with Crippen LogP contribution in [0.1, 0.15) is 38.8 Å². The van der Waals surface area contributed by atoms with Crippen LogP contribution in [-0.4, -0.2) is 42.9 Å². The van der Waals surface area contributed by atoms with Gasteiger partial charge in [-0.05, 0) is 30.0 Å². The second kappa shape index (κ2) is 9.86. The molecule has 0 aliphatic rings. The van der Waals surface area contributed by atoms with Crippen LogP contribution in [0.15, 0.2) is 52.7 Å². The molecule has 1 aromatic heterocycles. The van der Waals surface area contributed by atoms with Gasteiger partial charge in [-0.3, -0.25) is 4.79 Å². The summed E-state index contributed by atoms with van der Waals surface area (Å²) in [7, 11) is 0. The van der Waals surface area contributed by atoms with Gasteiger partial charge in [-0.25, -0.2) is 5.43 Å². The highest BCUT2D eigenvalue weighted by atomic mass is 32.2. The van der Waals surface area contributed by atoms with E-state index in [9.17, 15) is 15.0 Å². The molecule has 0 saturated carbocycles. The SMILES string of the molecule is CCn1c(SCC(=O)N/N=C\c2ccc(O)cc2O)nnc1-c1ccc(C(C)(C)C)cc1. The van der Waals surface area contributed by atoms with Crippen LogP contribution in [0.25, 0.3) is 11.4 Å². The van der Waals surface area contributed by atoms with Crippen LogP contribution in [0.2, 0.25) is 0 Å². The van der Waals surface area contributed by atoms with E-state index in [0.29, 0.717) is 17.3 Å². The summed E-state index contributed by atoms with van der Waals surface area (Å²) in [5, 5.41) is 32.1. The van der Waals surface area contributed by atoms with Gasteiger partial charge in [-0.1, -0.05) is 56.8 Å². The summed E-state index contributed by atoms with van der Waals surface area (Å²) < 4.78 is 1.97. The van der Waals surface area contributed by atoms with E-state index >= 15 is 0 Å². The Morgan fingerprint density at radius 1 is 1.16 bits per heavy atom. The molecule has 0 unspecified atom stereocenters. The number of aromatic nitrogens is 3. The molecule has 2 aromatic carbocycles. The van der Waals surface area contributed by atoms with Crippen molar-refractivity contribution in [1.82, 2.24) is 20.2 Å². The maximum atomic E-state index is 12.1. The number of nitrogens with zero attached hydrogens (tertiary/aromatic N) is 4. The molecule has 32 heavy (non-hydrogen) atoms. The summed E-state index contributed by atoms with van der Waals surface area (Å²) in [6.45, 7) is 9.20. The summed E-state index contributed by atoms with van der Waals surface area (Å²) in [6, 6.07) is 12.4. The second-order valence-electron chi connectivity index (χ2n) is 8.20. The molecule has 8 nitrogen and oxygen atoms in total. The van der Waals surface area contributed by atoms with E-state index in [4.69, 9.17) is 0 Å². The molecule has 3 N–H and O–H groups in total. The minimum atomic E-state index is -0.314. The molecule has 0 saturated heterocycles. The zero-order valence-electron chi connectivity index (χ0n) is 18.5. The first-order valence-corrected chi connectivity index (χ1v) is 11.2. The molecule has 0 spiro atoms. The smallest absolute Gasteiger partial charge is 0.250 e. The minimum absolute atomic E-state index is 0.0513. The topological polar surface area (TPSA) is 113 Å². The van der Waals surface area contributed by atoms with E-state index in [2.05, 4.69) is 53.6 Å². The Balaban J connectivity index is 1.62. The fourth-order valence-electron chi connectivity index (χ4n) is 2.99. The van der Waals surface area contributed by atoms with Crippen LogP contribution in [0.3, 0.4) is 0 Å². The number of nitrogens with one attached hydrogen (secondary N) is 1. The maximum absolute atomic E-state index is 12.1. The molecule has 0 aliphatic carbocycles. The molecule has 3 rings (SSSR count). The van der Waals surface area contributed by atoms with Crippen LogP contribution >= 0.6 is 11.8 Å². The van der Waals surface area contributed by atoms with Crippen molar-refractivity contribution in [3.63, 3.8) is 0 Å². The number of phenols is 2. The van der Waals surface area contributed by atoms with Crippen LogP contribution in [0, 0.1) is 0 Å². The Kier molecular flexibility index (Phi) is 7.19. The van der Waals surface area contributed by atoms with Crippen LogP contribution in [0.4, 0.5) is 0 Å². The van der Waals surface area contributed by atoms with Crippen molar-refractivity contribution in [2.75, 3.05) is 5.75 Å². The standard InChI is InChI=1S/C23H27N5O3S/c1-5-28-21(15-6-9-17(10-7-15)23(2,3)4)26-27-22(28)32-14-20(31)25-24-13-16-8-11-18(29)12-19(16)30/h6-13,29-30H,5,14H2,1-4H3,(H,25,31)/b24-13-. The Hall–Kier alpha value is -3.33. The third-order valence-electron chi connectivity index (χ3n) is 4.78. The van der Waals surface area contributed by atoms with Crippen LogP contribution in [0.5, 0.6) is 11.5 Å². The lowest BCUT2D eigenvalue weighted by Crippen LogP contribution is -2.20. The Morgan fingerprint density at radius 2 is 1.88 bits per heavy atom. The molecule has 0 bridgehead atoms. The van der Waals surface area contributed by atoms with Gasteiger partial charge in [-0.15, -0.1) is 10.2 Å². The molecule has 0 aliphatic heterocycles. The third kappa shape index (κ3) is 5.67. The fraction of sp³-hybridized carbons (Fsp3) is 0.304. The summed E-state index contributed by atoms with van der Waals surface area (Å²) in [5.41, 5.74) is 5.10. The van der Waals surface area contributed by atoms with Crippen molar-refractivity contribution in [2.45, 2.75) is 44.8 Å². The van der Waals surface area contributed by atoms with E-state index < -0.39 is 0 Å². The fourth-order valence-corrected chi connectivity index (χ4v) is 3.79. The highest BCUT2D eigenvalue weighted by Gasteiger charge is 2.17. The highest BCUT2D eigenvalue weighted by molar-refractivity contribution is 7.99. The normalized spacial score (nSPS) is 11.8. The number of hydrazone groups is 1. The summed E-state index contributed by atoms with van der Waals surface area (Å²) >= 11 is 1.27. The van der Waals surface area contributed by atoms with Gasteiger partial charge in [0.2, 0.25) is 0 Å². The van der Waals surface area contributed by atoms with Crippen molar-refractivity contribution < 1.29 is 15.0 Å². The first kappa shape index (κ1) is 23.3. The number of phenolic OH excluding ortho intramolecular Hbond substituents is 2. The van der Waals surface area contributed by atoms with Crippen molar-refractivity contribution in [1.29, 1.82) is 0 Å². The Bertz CT molecular complexity index is 1120. The lowest BCUT2D eigenvalue weighted by molar-refractivity contribution is -0.118.